The summed E-state index contributed by atoms with van der Waals surface area (Å²) < 4.78 is 0. The van der Waals surface area contributed by atoms with Crippen molar-refractivity contribution in [3.63, 3.8) is 0 Å². The van der Waals surface area contributed by atoms with Crippen LogP contribution in [0.3, 0.4) is 0 Å². The van der Waals surface area contributed by atoms with Crippen molar-refractivity contribution in [2.24, 2.45) is 11.8 Å². The molecule has 1 N–H and O–H groups in total. The molecule has 0 spiro atoms. The monoisotopic (exact) mass is 245 g/mol. The Kier molecular flexibility index (Phi) is 2.67. The van der Waals surface area contributed by atoms with Crippen molar-refractivity contribution in [1.29, 1.82) is 0 Å². The summed E-state index contributed by atoms with van der Waals surface area (Å²) in [6.07, 6.45) is 2.62. The molecule has 4 heteroatoms. The van der Waals surface area contributed by atoms with E-state index in [2.05, 4.69) is 0 Å². The predicted octanol–water partition coefficient (Wildman–Crippen LogP) is 1.47. The molecule has 0 aromatic heterocycles. The summed E-state index contributed by atoms with van der Waals surface area (Å²) in [5.41, 5.74) is 1.30. The summed E-state index contributed by atoms with van der Waals surface area (Å²) in [5.74, 6) is -0.374. The molecule has 94 valence electrons. The van der Waals surface area contributed by atoms with E-state index < -0.39 is 0 Å². The van der Waals surface area contributed by atoms with Crippen molar-refractivity contribution >= 4 is 17.5 Å². The Balaban J connectivity index is 1.97. The second kappa shape index (κ2) is 4.21. The van der Waals surface area contributed by atoms with Gasteiger partial charge in [-0.15, -0.1) is 0 Å². The Labute approximate surface area is 105 Å². The molecule has 0 radical (unpaired) electrons. The van der Waals surface area contributed by atoms with Gasteiger partial charge in [0, 0.05) is 0 Å². The summed E-state index contributed by atoms with van der Waals surface area (Å²) >= 11 is 0. The van der Waals surface area contributed by atoms with Gasteiger partial charge >= 0.3 is 0 Å². The van der Waals surface area contributed by atoms with Gasteiger partial charge in [0.05, 0.1) is 24.1 Å². The minimum absolute atomic E-state index is 0.0717. The fourth-order valence-corrected chi connectivity index (χ4v) is 3.04. The van der Waals surface area contributed by atoms with E-state index in [1.807, 2.05) is 0 Å². The molecule has 2 aliphatic rings. The van der Waals surface area contributed by atoms with Crippen molar-refractivity contribution in [2.45, 2.75) is 25.9 Å². The van der Waals surface area contributed by atoms with E-state index in [1.54, 1.807) is 24.3 Å². The molecule has 1 saturated heterocycles. The number of aliphatic hydroxyl groups is 1. The highest BCUT2D eigenvalue weighted by atomic mass is 16.3. The molecular weight excluding hydrogens is 230 g/mol. The highest BCUT2D eigenvalue weighted by Gasteiger charge is 2.50. The van der Waals surface area contributed by atoms with Gasteiger partial charge in [-0.25, -0.2) is 0 Å². The van der Waals surface area contributed by atoms with Crippen LogP contribution in [0.15, 0.2) is 24.3 Å². The maximum absolute atomic E-state index is 12.2. The third kappa shape index (κ3) is 1.56. The number of nitrogens with zero attached hydrogens (tertiary/aromatic N) is 1. The van der Waals surface area contributed by atoms with E-state index in [-0.39, 0.29) is 30.3 Å². The number of benzene rings is 1. The number of aliphatic hydroxyl groups excluding tert-OH is 1. The number of amides is 2. The lowest BCUT2D eigenvalue weighted by Crippen LogP contribution is -2.31. The molecule has 4 nitrogen and oxygen atoms in total. The summed E-state index contributed by atoms with van der Waals surface area (Å²) in [6, 6.07) is 6.98. The zero-order valence-corrected chi connectivity index (χ0v) is 10.0. The van der Waals surface area contributed by atoms with Crippen molar-refractivity contribution in [1.82, 2.24) is 0 Å². The second-order valence-electron chi connectivity index (χ2n) is 4.98. The van der Waals surface area contributed by atoms with Crippen molar-refractivity contribution < 1.29 is 14.7 Å². The van der Waals surface area contributed by atoms with Gasteiger partial charge in [0.25, 0.3) is 0 Å². The summed E-state index contributed by atoms with van der Waals surface area (Å²) in [5, 5.41) is 9.11. The second-order valence-corrected chi connectivity index (χ2v) is 4.98. The molecule has 2 amide bonds. The van der Waals surface area contributed by atoms with E-state index in [1.165, 1.54) is 4.90 Å². The first-order chi connectivity index (χ1) is 8.72. The standard InChI is InChI=1S/C14H15NO3/c16-8-9-3-1-4-10(7-9)15-13(17)11-5-2-6-12(11)14(15)18/h1,3-4,7,11-12,16H,2,5-6,8H2. The third-order valence-corrected chi connectivity index (χ3v) is 3.94. The third-order valence-electron chi connectivity index (χ3n) is 3.94. The number of carbonyl (C=O) groups excluding carboxylic acids is 2. The number of rotatable bonds is 2. The van der Waals surface area contributed by atoms with E-state index in [0.717, 1.165) is 19.3 Å². The Hall–Kier alpha value is -1.68. The van der Waals surface area contributed by atoms with Crippen molar-refractivity contribution in [3.8, 4) is 0 Å². The van der Waals surface area contributed by atoms with Crippen LogP contribution in [-0.4, -0.2) is 16.9 Å². The molecule has 1 saturated carbocycles. The minimum Gasteiger partial charge on any atom is -0.392 e. The topological polar surface area (TPSA) is 57.6 Å². The molecule has 1 aromatic rings. The van der Waals surface area contributed by atoms with E-state index in [4.69, 9.17) is 5.11 Å². The Morgan fingerprint density at radius 1 is 1.17 bits per heavy atom. The quantitative estimate of drug-likeness (QED) is 0.803. The van der Waals surface area contributed by atoms with Gasteiger partial charge in [0.15, 0.2) is 0 Å². The predicted molar refractivity (Wildman–Crippen MR) is 65.7 cm³/mol. The fraction of sp³-hybridized carbons (Fsp3) is 0.429. The molecule has 3 rings (SSSR count). The molecule has 1 aliphatic heterocycles. The number of anilines is 1. The molecular formula is C14H15NO3. The lowest BCUT2D eigenvalue weighted by atomic mass is 10.00. The smallest absolute Gasteiger partial charge is 0.237 e. The van der Waals surface area contributed by atoms with E-state index in [9.17, 15) is 9.59 Å². The lowest BCUT2D eigenvalue weighted by molar-refractivity contribution is -0.122. The molecule has 0 bridgehead atoms. The van der Waals surface area contributed by atoms with Crippen LogP contribution in [0.2, 0.25) is 0 Å². The number of hydrogen-bond donors (Lipinski definition) is 1. The number of carbonyl (C=O) groups is 2. The zero-order valence-electron chi connectivity index (χ0n) is 10.0. The SMILES string of the molecule is O=C1C2CCCC2C(=O)N1c1cccc(CO)c1. The summed E-state index contributed by atoms with van der Waals surface area (Å²) in [7, 11) is 0. The van der Waals surface area contributed by atoms with Gasteiger partial charge in [0.1, 0.15) is 0 Å². The fourth-order valence-electron chi connectivity index (χ4n) is 3.04. The molecule has 18 heavy (non-hydrogen) atoms. The van der Waals surface area contributed by atoms with Crippen LogP contribution in [-0.2, 0) is 16.2 Å². The van der Waals surface area contributed by atoms with Crippen LogP contribution in [0, 0.1) is 11.8 Å². The normalized spacial score (nSPS) is 26.8. The molecule has 2 atom stereocenters. The van der Waals surface area contributed by atoms with Gasteiger partial charge < -0.3 is 5.11 Å². The molecule has 1 heterocycles. The highest BCUT2D eigenvalue weighted by molar-refractivity contribution is 6.22. The van der Waals surface area contributed by atoms with Gasteiger partial charge in [0.2, 0.25) is 11.8 Å². The van der Waals surface area contributed by atoms with Gasteiger partial charge in [-0.1, -0.05) is 18.6 Å². The molecule has 1 aromatic carbocycles. The molecule has 1 aliphatic carbocycles. The van der Waals surface area contributed by atoms with Crippen LogP contribution in [0.25, 0.3) is 0 Å². The molecule has 2 fully saturated rings. The summed E-state index contributed by atoms with van der Waals surface area (Å²) in [6.45, 7) is -0.0864. The van der Waals surface area contributed by atoms with Crippen LogP contribution in [0.5, 0.6) is 0 Å². The van der Waals surface area contributed by atoms with Crippen LogP contribution >= 0.6 is 0 Å². The average Bonchev–Trinajstić information content (AvgIpc) is 2.95. The lowest BCUT2D eigenvalue weighted by Gasteiger charge is -2.16. The van der Waals surface area contributed by atoms with Gasteiger partial charge in [-0.2, -0.15) is 0 Å². The van der Waals surface area contributed by atoms with Gasteiger partial charge in [-0.05, 0) is 30.5 Å². The average molecular weight is 245 g/mol. The maximum Gasteiger partial charge on any atom is 0.237 e. The van der Waals surface area contributed by atoms with Crippen molar-refractivity contribution in [2.75, 3.05) is 4.90 Å². The van der Waals surface area contributed by atoms with Crippen LogP contribution < -0.4 is 4.90 Å². The Bertz CT molecular complexity index is 490. The summed E-state index contributed by atoms with van der Waals surface area (Å²) in [4.78, 5) is 25.8. The number of fused-ring (bicyclic) bond motifs is 1. The first-order valence-electron chi connectivity index (χ1n) is 6.30. The Morgan fingerprint density at radius 3 is 2.44 bits per heavy atom. The van der Waals surface area contributed by atoms with Gasteiger partial charge in [-0.3, -0.25) is 14.5 Å². The first kappa shape index (κ1) is 11.4. The zero-order chi connectivity index (χ0) is 12.7. The van der Waals surface area contributed by atoms with Crippen LogP contribution in [0.4, 0.5) is 5.69 Å². The van der Waals surface area contributed by atoms with Crippen molar-refractivity contribution in [3.05, 3.63) is 29.8 Å². The minimum atomic E-state index is -0.115. The van der Waals surface area contributed by atoms with E-state index in [0.29, 0.717) is 11.3 Å². The van der Waals surface area contributed by atoms with E-state index >= 15 is 0 Å². The largest absolute Gasteiger partial charge is 0.392 e. The van der Waals surface area contributed by atoms with Crippen LogP contribution in [0.1, 0.15) is 24.8 Å². The number of hydrogen-bond acceptors (Lipinski definition) is 3. The maximum atomic E-state index is 12.2. The first-order valence-corrected chi connectivity index (χ1v) is 6.30. The Morgan fingerprint density at radius 2 is 1.83 bits per heavy atom. The highest BCUT2D eigenvalue weighted by Crippen LogP contribution is 2.41. The number of imide groups is 1. The molecule has 2 unspecified atom stereocenters.